The quantitative estimate of drug-likeness (QED) is 0.744. The Hall–Kier alpha value is -1.55. The van der Waals surface area contributed by atoms with Crippen molar-refractivity contribution in [3.63, 3.8) is 0 Å². The number of hydrogen-bond donors (Lipinski definition) is 3. The first-order valence-electron chi connectivity index (χ1n) is 5.27. The maximum absolute atomic E-state index is 13.4. The van der Waals surface area contributed by atoms with Gasteiger partial charge in [0.2, 0.25) is 0 Å². The predicted octanol–water partition coefficient (Wildman–Crippen LogP) is 2.08. The Balaban J connectivity index is 2.58. The third kappa shape index (κ3) is 1.65. The number of aryl methyl sites for hydroxylation is 1. The SMILES string of the molecule is CNCCc1c[nH]c2c(C)c(F)cc(O)c12. The van der Waals surface area contributed by atoms with Gasteiger partial charge in [0.05, 0.1) is 5.52 Å². The van der Waals surface area contributed by atoms with Crippen molar-refractivity contribution in [2.45, 2.75) is 13.3 Å². The third-order valence-corrected chi connectivity index (χ3v) is 2.86. The molecule has 0 aliphatic rings. The van der Waals surface area contributed by atoms with Crippen molar-refractivity contribution in [3.05, 3.63) is 29.2 Å². The molecule has 0 spiro atoms. The molecule has 0 aliphatic carbocycles. The van der Waals surface area contributed by atoms with Crippen LogP contribution in [0.5, 0.6) is 5.75 Å². The van der Waals surface area contributed by atoms with Crippen LogP contribution in [0.2, 0.25) is 0 Å². The van der Waals surface area contributed by atoms with E-state index in [0.29, 0.717) is 11.1 Å². The number of benzene rings is 1. The zero-order valence-electron chi connectivity index (χ0n) is 9.39. The molecule has 1 aromatic heterocycles. The maximum atomic E-state index is 13.4. The molecule has 2 rings (SSSR count). The molecule has 0 aliphatic heterocycles. The number of rotatable bonds is 3. The Morgan fingerprint density at radius 3 is 2.94 bits per heavy atom. The van der Waals surface area contributed by atoms with E-state index < -0.39 is 0 Å². The van der Waals surface area contributed by atoms with E-state index in [1.54, 1.807) is 6.92 Å². The van der Waals surface area contributed by atoms with Gasteiger partial charge in [0.1, 0.15) is 11.6 Å². The number of H-pyrrole nitrogens is 1. The minimum absolute atomic E-state index is 0.00505. The standard InChI is InChI=1S/C12H15FN2O/c1-7-9(13)5-10(16)11-8(3-4-14-2)6-15-12(7)11/h5-6,14-16H,3-4H2,1-2H3. The minimum Gasteiger partial charge on any atom is -0.507 e. The van der Waals surface area contributed by atoms with Crippen LogP contribution in [-0.2, 0) is 6.42 Å². The third-order valence-electron chi connectivity index (χ3n) is 2.86. The predicted molar refractivity (Wildman–Crippen MR) is 62.3 cm³/mol. The van der Waals surface area contributed by atoms with Crippen molar-refractivity contribution in [2.75, 3.05) is 13.6 Å². The van der Waals surface area contributed by atoms with Gasteiger partial charge in [0.25, 0.3) is 0 Å². The molecule has 3 nitrogen and oxygen atoms in total. The molecular formula is C12H15FN2O. The fourth-order valence-corrected chi connectivity index (χ4v) is 1.93. The lowest BCUT2D eigenvalue weighted by molar-refractivity contribution is 0.475. The average molecular weight is 222 g/mol. The van der Waals surface area contributed by atoms with Gasteiger partial charge in [0.15, 0.2) is 0 Å². The number of fused-ring (bicyclic) bond motifs is 1. The van der Waals surface area contributed by atoms with Crippen LogP contribution in [0.1, 0.15) is 11.1 Å². The fraction of sp³-hybridized carbons (Fsp3) is 0.333. The van der Waals surface area contributed by atoms with Gasteiger partial charge in [-0.2, -0.15) is 0 Å². The van der Waals surface area contributed by atoms with E-state index in [9.17, 15) is 9.50 Å². The Morgan fingerprint density at radius 2 is 2.25 bits per heavy atom. The monoisotopic (exact) mass is 222 g/mol. The van der Waals surface area contributed by atoms with Crippen LogP contribution in [0.15, 0.2) is 12.3 Å². The molecule has 4 heteroatoms. The lowest BCUT2D eigenvalue weighted by atomic mass is 10.1. The number of phenols is 1. The average Bonchev–Trinajstić information content (AvgIpc) is 2.67. The van der Waals surface area contributed by atoms with E-state index in [1.807, 2.05) is 13.2 Å². The highest BCUT2D eigenvalue weighted by Gasteiger charge is 2.13. The summed E-state index contributed by atoms with van der Waals surface area (Å²) >= 11 is 0. The van der Waals surface area contributed by atoms with E-state index in [1.165, 1.54) is 6.07 Å². The van der Waals surface area contributed by atoms with Crippen molar-refractivity contribution in [1.29, 1.82) is 0 Å². The lowest BCUT2D eigenvalue weighted by Gasteiger charge is -2.04. The molecule has 0 fully saturated rings. The molecule has 0 unspecified atom stereocenters. The molecule has 16 heavy (non-hydrogen) atoms. The van der Waals surface area contributed by atoms with E-state index in [2.05, 4.69) is 10.3 Å². The molecule has 0 radical (unpaired) electrons. The number of halogens is 1. The largest absolute Gasteiger partial charge is 0.507 e. The second-order valence-corrected chi connectivity index (χ2v) is 3.92. The second kappa shape index (κ2) is 4.14. The summed E-state index contributed by atoms with van der Waals surface area (Å²) in [6, 6.07) is 1.17. The summed E-state index contributed by atoms with van der Waals surface area (Å²) in [6.45, 7) is 2.53. The number of aromatic hydroxyl groups is 1. The minimum atomic E-state index is -0.382. The molecule has 0 bridgehead atoms. The summed E-state index contributed by atoms with van der Waals surface area (Å²) in [5.41, 5.74) is 2.23. The number of phenolic OH excluding ortho intramolecular Hbond substituents is 1. The first-order valence-corrected chi connectivity index (χ1v) is 5.27. The highest BCUT2D eigenvalue weighted by atomic mass is 19.1. The van der Waals surface area contributed by atoms with Crippen molar-refractivity contribution in [1.82, 2.24) is 10.3 Å². The summed E-state index contributed by atoms with van der Waals surface area (Å²) in [6.07, 6.45) is 2.63. The first-order chi connectivity index (χ1) is 7.65. The van der Waals surface area contributed by atoms with Gasteiger partial charge in [-0.05, 0) is 32.5 Å². The van der Waals surface area contributed by atoms with Gasteiger partial charge in [0, 0.05) is 23.2 Å². The van der Waals surface area contributed by atoms with E-state index in [4.69, 9.17) is 0 Å². The molecule has 0 atom stereocenters. The molecule has 2 aromatic rings. The molecule has 0 amide bonds. The van der Waals surface area contributed by atoms with Crippen LogP contribution < -0.4 is 5.32 Å². The van der Waals surface area contributed by atoms with E-state index >= 15 is 0 Å². The zero-order valence-corrected chi connectivity index (χ0v) is 9.39. The smallest absolute Gasteiger partial charge is 0.131 e. The van der Waals surface area contributed by atoms with Gasteiger partial charge in [-0.25, -0.2) is 4.39 Å². The van der Waals surface area contributed by atoms with Gasteiger partial charge in [-0.15, -0.1) is 0 Å². The fourth-order valence-electron chi connectivity index (χ4n) is 1.93. The highest BCUT2D eigenvalue weighted by Crippen LogP contribution is 2.32. The molecule has 86 valence electrons. The van der Waals surface area contributed by atoms with Crippen molar-refractivity contribution in [2.24, 2.45) is 0 Å². The number of likely N-dealkylation sites (N-methyl/N-ethyl adjacent to an activating group) is 1. The summed E-state index contributed by atoms with van der Waals surface area (Å²) < 4.78 is 13.4. The molecule has 0 saturated carbocycles. The molecule has 0 saturated heterocycles. The van der Waals surface area contributed by atoms with Crippen LogP contribution in [-0.4, -0.2) is 23.7 Å². The van der Waals surface area contributed by atoms with Crippen LogP contribution in [0.25, 0.3) is 10.9 Å². The van der Waals surface area contributed by atoms with Crippen molar-refractivity contribution < 1.29 is 9.50 Å². The van der Waals surface area contributed by atoms with Gasteiger partial charge >= 0.3 is 0 Å². The summed E-state index contributed by atoms with van der Waals surface area (Å²) in [5, 5.41) is 13.5. The Bertz CT molecular complexity index is 519. The Labute approximate surface area is 93.3 Å². The van der Waals surface area contributed by atoms with Crippen LogP contribution in [0.4, 0.5) is 4.39 Å². The Kier molecular flexibility index (Phi) is 2.83. The molecule has 3 N–H and O–H groups in total. The summed E-state index contributed by atoms with van der Waals surface area (Å²) in [5.74, 6) is -0.377. The summed E-state index contributed by atoms with van der Waals surface area (Å²) in [7, 11) is 1.87. The number of aromatic amines is 1. The molecule has 1 aromatic carbocycles. The number of hydrogen-bond acceptors (Lipinski definition) is 2. The van der Waals surface area contributed by atoms with Crippen LogP contribution in [0, 0.1) is 12.7 Å². The van der Waals surface area contributed by atoms with Crippen LogP contribution in [0.3, 0.4) is 0 Å². The number of aromatic nitrogens is 1. The topological polar surface area (TPSA) is 48.0 Å². The summed E-state index contributed by atoms with van der Waals surface area (Å²) in [4.78, 5) is 3.02. The van der Waals surface area contributed by atoms with Crippen LogP contribution >= 0.6 is 0 Å². The van der Waals surface area contributed by atoms with Crippen molar-refractivity contribution in [3.8, 4) is 5.75 Å². The molecule has 1 heterocycles. The lowest BCUT2D eigenvalue weighted by Crippen LogP contribution is -2.09. The maximum Gasteiger partial charge on any atom is 0.131 e. The van der Waals surface area contributed by atoms with E-state index in [0.717, 1.165) is 23.9 Å². The molecular weight excluding hydrogens is 207 g/mol. The number of nitrogens with one attached hydrogen (secondary N) is 2. The Morgan fingerprint density at radius 1 is 1.50 bits per heavy atom. The van der Waals surface area contributed by atoms with Gasteiger partial charge in [-0.3, -0.25) is 0 Å². The zero-order chi connectivity index (χ0) is 11.7. The van der Waals surface area contributed by atoms with Crippen molar-refractivity contribution >= 4 is 10.9 Å². The second-order valence-electron chi connectivity index (χ2n) is 3.92. The van der Waals surface area contributed by atoms with Gasteiger partial charge < -0.3 is 15.4 Å². The highest BCUT2D eigenvalue weighted by molar-refractivity contribution is 5.91. The normalized spacial score (nSPS) is 11.2. The van der Waals surface area contributed by atoms with E-state index in [-0.39, 0.29) is 11.6 Å². The van der Waals surface area contributed by atoms with Gasteiger partial charge in [-0.1, -0.05) is 0 Å². The first kappa shape index (κ1) is 11.0.